The Hall–Kier alpha value is -3.79. The highest BCUT2D eigenvalue weighted by molar-refractivity contribution is 7.80. The first-order valence-corrected chi connectivity index (χ1v) is 8.88. The highest BCUT2D eigenvalue weighted by Gasteiger charge is 2.34. The molecular formula is C20H14FN2O6S-. The highest BCUT2D eigenvalue weighted by Crippen LogP contribution is 2.30. The molecule has 3 rings (SSSR count). The minimum absolute atomic E-state index is 0.127. The SMILES string of the molecule is COc1cc(/C=C2\C(=O)NC(=S)N(c3ccc(F)cc3)C2=O)ccc1OCC(=O)[O-]. The van der Waals surface area contributed by atoms with Crippen molar-refractivity contribution in [2.24, 2.45) is 0 Å². The second kappa shape index (κ2) is 8.70. The smallest absolute Gasteiger partial charge is 0.270 e. The van der Waals surface area contributed by atoms with Crippen LogP contribution in [0.3, 0.4) is 0 Å². The number of thiocarbonyl (C=S) groups is 1. The molecule has 0 aliphatic carbocycles. The van der Waals surface area contributed by atoms with Crippen LogP contribution in [0.1, 0.15) is 5.56 Å². The summed E-state index contributed by atoms with van der Waals surface area (Å²) in [4.78, 5) is 36.9. The Bertz CT molecular complexity index is 1070. The van der Waals surface area contributed by atoms with E-state index in [1.165, 1.54) is 55.7 Å². The molecule has 2 amide bonds. The molecule has 10 heteroatoms. The second-order valence-corrected chi connectivity index (χ2v) is 6.39. The summed E-state index contributed by atoms with van der Waals surface area (Å²) in [5.41, 5.74) is 0.498. The number of rotatable bonds is 6. The van der Waals surface area contributed by atoms with Crippen LogP contribution >= 0.6 is 12.2 Å². The number of nitrogens with zero attached hydrogens (tertiary/aromatic N) is 1. The number of carboxylic acids is 1. The van der Waals surface area contributed by atoms with Gasteiger partial charge in [0, 0.05) is 0 Å². The van der Waals surface area contributed by atoms with Gasteiger partial charge < -0.3 is 19.4 Å². The first-order valence-electron chi connectivity index (χ1n) is 8.48. The number of amides is 2. The van der Waals surface area contributed by atoms with Gasteiger partial charge in [-0.05, 0) is 60.3 Å². The minimum Gasteiger partial charge on any atom is -0.546 e. The van der Waals surface area contributed by atoms with Gasteiger partial charge in [-0.3, -0.25) is 19.8 Å². The lowest BCUT2D eigenvalue weighted by atomic mass is 10.1. The fraction of sp³-hybridized carbons (Fsp3) is 0.100. The van der Waals surface area contributed by atoms with E-state index < -0.39 is 30.2 Å². The van der Waals surface area contributed by atoms with Gasteiger partial charge in [0.25, 0.3) is 11.8 Å². The van der Waals surface area contributed by atoms with E-state index in [1.807, 2.05) is 0 Å². The van der Waals surface area contributed by atoms with Crippen molar-refractivity contribution < 1.29 is 33.4 Å². The van der Waals surface area contributed by atoms with E-state index in [9.17, 15) is 23.9 Å². The lowest BCUT2D eigenvalue weighted by Gasteiger charge is -2.28. The average Bonchev–Trinajstić information content (AvgIpc) is 2.71. The molecule has 0 unspecified atom stereocenters. The largest absolute Gasteiger partial charge is 0.546 e. The Morgan fingerprint density at radius 2 is 1.90 bits per heavy atom. The van der Waals surface area contributed by atoms with Crippen molar-refractivity contribution in [3.8, 4) is 11.5 Å². The van der Waals surface area contributed by atoms with Gasteiger partial charge >= 0.3 is 0 Å². The van der Waals surface area contributed by atoms with E-state index in [2.05, 4.69) is 5.32 Å². The number of carbonyl (C=O) groups is 3. The fourth-order valence-corrected chi connectivity index (χ4v) is 2.96. The van der Waals surface area contributed by atoms with Gasteiger partial charge in [0.05, 0.1) is 18.8 Å². The molecule has 2 aromatic rings. The topological polar surface area (TPSA) is 108 Å². The number of halogens is 1. The number of anilines is 1. The van der Waals surface area contributed by atoms with E-state index in [4.69, 9.17) is 21.7 Å². The van der Waals surface area contributed by atoms with E-state index >= 15 is 0 Å². The van der Waals surface area contributed by atoms with Crippen molar-refractivity contribution in [2.45, 2.75) is 0 Å². The van der Waals surface area contributed by atoms with Gasteiger partial charge in [-0.25, -0.2) is 4.39 Å². The Kier molecular flexibility index (Phi) is 6.07. The van der Waals surface area contributed by atoms with E-state index in [1.54, 1.807) is 0 Å². The number of carboxylic acid groups (broad SMARTS) is 1. The minimum atomic E-state index is -1.40. The Morgan fingerprint density at radius 3 is 2.53 bits per heavy atom. The summed E-state index contributed by atoms with van der Waals surface area (Å²) >= 11 is 5.08. The molecule has 1 saturated heterocycles. The molecule has 1 N–H and O–H groups in total. The quantitative estimate of drug-likeness (QED) is 0.411. The molecule has 1 fully saturated rings. The Labute approximate surface area is 175 Å². The summed E-state index contributed by atoms with van der Waals surface area (Å²) in [6.45, 7) is -0.665. The standard InChI is InChI=1S/C20H15FN2O6S/c1-28-16-9-11(2-7-15(16)29-10-17(24)25)8-14-18(26)22-20(30)23(19(14)27)13-5-3-12(21)4-6-13/h2-9H,10H2,1H3,(H,24,25)(H,22,26,30)/p-1/b14-8+. The highest BCUT2D eigenvalue weighted by atomic mass is 32.1. The normalized spacial score (nSPS) is 15.2. The van der Waals surface area contributed by atoms with Crippen LogP contribution in [-0.2, 0) is 14.4 Å². The van der Waals surface area contributed by atoms with Crippen molar-refractivity contribution in [1.82, 2.24) is 5.32 Å². The van der Waals surface area contributed by atoms with Crippen LogP contribution in [0.5, 0.6) is 11.5 Å². The van der Waals surface area contributed by atoms with Crippen LogP contribution in [0, 0.1) is 5.82 Å². The molecule has 0 atom stereocenters. The third kappa shape index (κ3) is 4.44. The third-order valence-corrected chi connectivity index (χ3v) is 4.32. The summed E-state index contributed by atoms with van der Waals surface area (Å²) in [6, 6.07) is 9.47. The number of benzene rings is 2. The van der Waals surface area contributed by atoms with Crippen LogP contribution in [0.4, 0.5) is 10.1 Å². The van der Waals surface area contributed by atoms with Gasteiger partial charge in [-0.15, -0.1) is 0 Å². The summed E-state index contributed by atoms with van der Waals surface area (Å²) in [5, 5.41) is 12.9. The number of nitrogens with one attached hydrogen (secondary N) is 1. The number of carbonyl (C=O) groups excluding carboxylic acids is 3. The molecule has 8 nitrogen and oxygen atoms in total. The zero-order chi connectivity index (χ0) is 21.8. The predicted octanol–water partition coefficient (Wildman–Crippen LogP) is 0.794. The van der Waals surface area contributed by atoms with E-state index in [0.717, 1.165) is 4.90 Å². The summed E-state index contributed by atoms with van der Waals surface area (Å²) in [6.07, 6.45) is 1.32. The number of hydrogen-bond acceptors (Lipinski definition) is 7. The summed E-state index contributed by atoms with van der Waals surface area (Å²) < 4.78 is 23.4. The lowest BCUT2D eigenvalue weighted by Crippen LogP contribution is -2.54. The maximum absolute atomic E-state index is 13.2. The van der Waals surface area contributed by atoms with Gasteiger partial charge in [-0.1, -0.05) is 6.07 Å². The first kappa shape index (κ1) is 20.9. The fourth-order valence-electron chi connectivity index (χ4n) is 2.68. The second-order valence-electron chi connectivity index (χ2n) is 6.01. The van der Waals surface area contributed by atoms with Crippen LogP contribution < -0.4 is 24.8 Å². The van der Waals surface area contributed by atoms with Crippen molar-refractivity contribution in [1.29, 1.82) is 0 Å². The molecule has 1 aliphatic heterocycles. The van der Waals surface area contributed by atoms with Gasteiger partial charge in [-0.2, -0.15) is 0 Å². The molecule has 0 radical (unpaired) electrons. The third-order valence-electron chi connectivity index (χ3n) is 4.03. The number of ether oxygens (including phenoxy) is 2. The van der Waals surface area contributed by atoms with Gasteiger partial charge in [0.1, 0.15) is 18.0 Å². The summed E-state index contributed by atoms with van der Waals surface area (Å²) in [7, 11) is 1.35. The molecule has 0 bridgehead atoms. The molecule has 1 aliphatic rings. The van der Waals surface area contributed by atoms with E-state index in [0.29, 0.717) is 11.3 Å². The van der Waals surface area contributed by atoms with Gasteiger partial charge in [0.2, 0.25) is 0 Å². The molecule has 0 saturated carbocycles. The lowest BCUT2D eigenvalue weighted by molar-refractivity contribution is -0.307. The molecule has 30 heavy (non-hydrogen) atoms. The maximum Gasteiger partial charge on any atom is 0.270 e. The molecule has 154 valence electrons. The van der Waals surface area contributed by atoms with Crippen LogP contribution in [0.2, 0.25) is 0 Å². The van der Waals surface area contributed by atoms with Crippen molar-refractivity contribution in [3.05, 3.63) is 59.4 Å². The van der Waals surface area contributed by atoms with Crippen molar-refractivity contribution >= 4 is 46.9 Å². The monoisotopic (exact) mass is 429 g/mol. The summed E-state index contributed by atoms with van der Waals surface area (Å²) in [5.74, 6) is -2.92. The van der Waals surface area contributed by atoms with Crippen LogP contribution in [-0.4, -0.2) is 36.6 Å². The predicted molar refractivity (Wildman–Crippen MR) is 106 cm³/mol. The zero-order valence-electron chi connectivity index (χ0n) is 15.5. The van der Waals surface area contributed by atoms with Crippen molar-refractivity contribution in [3.63, 3.8) is 0 Å². The molecule has 2 aromatic carbocycles. The van der Waals surface area contributed by atoms with Crippen LogP contribution in [0.25, 0.3) is 6.08 Å². The zero-order valence-corrected chi connectivity index (χ0v) is 16.3. The molecule has 0 spiro atoms. The molecule has 0 aromatic heterocycles. The average molecular weight is 429 g/mol. The maximum atomic E-state index is 13.2. The Morgan fingerprint density at radius 1 is 1.20 bits per heavy atom. The molecular weight excluding hydrogens is 415 g/mol. The van der Waals surface area contributed by atoms with E-state index in [-0.39, 0.29) is 22.2 Å². The number of hydrogen-bond donors (Lipinski definition) is 1. The molecule has 1 heterocycles. The first-order chi connectivity index (χ1) is 14.3. The Balaban J connectivity index is 1.94. The number of aliphatic carboxylic acids is 1. The van der Waals surface area contributed by atoms with Crippen LogP contribution in [0.15, 0.2) is 48.0 Å². The van der Waals surface area contributed by atoms with Crippen molar-refractivity contribution in [2.75, 3.05) is 18.6 Å². The number of methoxy groups -OCH3 is 1. The van der Waals surface area contributed by atoms with Gasteiger partial charge in [0.15, 0.2) is 16.6 Å².